The second-order valence-electron chi connectivity index (χ2n) is 8.07. The third-order valence-corrected chi connectivity index (χ3v) is 5.66. The van der Waals surface area contributed by atoms with Gasteiger partial charge in [0, 0.05) is 42.4 Å². The van der Waals surface area contributed by atoms with Gasteiger partial charge in [-0.1, -0.05) is 11.6 Å². The fourth-order valence-corrected chi connectivity index (χ4v) is 3.92. The van der Waals surface area contributed by atoms with E-state index >= 15 is 0 Å². The van der Waals surface area contributed by atoms with Gasteiger partial charge in [-0.3, -0.25) is 14.5 Å². The predicted molar refractivity (Wildman–Crippen MR) is 123 cm³/mol. The molecule has 31 heavy (non-hydrogen) atoms. The first-order valence-corrected chi connectivity index (χ1v) is 10.5. The molecule has 0 atom stereocenters. The Morgan fingerprint density at radius 1 is 1.00 bits per heavy atom. The Hall–Kier alpha value is -3.16. The van der Waals surface area contributed by atoms with Gasteiger partial charge in [-0.2, -0.15) is 0 Å². The molecule has 0 spiro atoms. The Bertz CT molecular complexity index is 1130. The molecule has 7 nitrogen and oxygen atoms in total. The molecule has 1 saturated heterocycles. The van der Waals surface area contributed by atoms with Gasteiger partial charge in [-0.25, -0.2) is 0 Å². The van der Waals surface area contributed by atoms with Crippen LogP contribution in [0.25, 0.3) is 10.9 Å². The number of aromatic nitrogens is 1. The van der Waals surface area contributed by atoms with Crippen molar-refractivity contribution in [1.82, 2.24) is 9.47 Å². The number of ether oxygens (including phenoxy) is 1. The molecule has 1 aliphatic heterocycles. The molecule has 0 unspecified atom stereocenters. The molecule has 4 rings (SSSR count). The smallest absolute Gasteiger partial charge is 0.272 e. The minimum atomic E-state index is -0.167. The quantitative estimate of drug-likeness (QED) is 0.664. The van der Waals surface area contributed by atoms with Crippen LogP contribution in [-0.2, 0) is 16.6 Å². The van der Waals surface area contributed by atoms with Crippen molar-refractivity contribution in [1.29, 1.82) is 0 Å². The number of nitrogens with one attached hydrogen (secondary N) is 2. The number of rotatable bonds is 5. The van der Waals surface area contributed by atoms with Crippen molar-refractivity contribution < 1.29 is 14.3 Å². The van der Waals surface area contributed by atoms with Crippen molar-refractivity contribution in [2.24, 2.45) is 7.05 Å². The lowest BCUT2D eigenvalue weighted by molar-refractivity contribution is -0.118. The average Bonchev–Trinajstić information content (AvgIpc) is 3.06. The van der Waals surface area contributed by atoms with E-state index in [2.05, 4.69) is 21.6 Å². The molecule has 1 aromatic heterocycles. The average molecular weight is 421 g/mol. The normalized spacial score (nSPS) is 14.5. The Balaban J connectivity index is 1.42. The highest BCUT2D eigenvalue weighted by Gasteiger charge is 2.16. The van der Waals surface area contributed by atoms with E-state index in [1.54, 1.807) is 0 Å². The highest BCUT2D eigenvalue weighted by Crippen LogP contribution is 2.23. The Kier molecular flexibility index (Phi) is 6.06. The number of morpholine rings is 1. The first kappa shape index (κ1) is 21.1. The largest absolute Gasteiger partial charge is 0.379 e. The summed E-state index contributed by atoms with van der Waals surface area (Å²) >= 11 is 0. The Morgan fingerprint density at radius 2 is 1.77 bits per heavy atom. The molecular weight excluding hydrogens is 392 g/mol. The number of hydrogen-bond acceptors (Lipinski definition) is 4. The molecule has 1 fully saturated rings. The number of amides is 2. The number of aryl methyl sites for hydroxylation is 3. The van der Waals surface area contributed by atoms with Crippen molar-refractivity contribution in [3.05, 3.63) is 59.3 Å². The second kappa shape index (κ2) is 8.91. The number of anilines is 2. The summed E-state index contributed by atoms with van der Waals surface area (Å²) < 4.78 is 7.22. The van der Waals surface area contributed by atoms with E-state index in [0.717, 1.165) is 40.8 Å². The molecule has 2 aromatic carbocycles. The number of hydrogen-bond donors (Lipinski definition) is 2. The van der Waals surface area contributed by atoms with Crippen LogP contribution in [0.1, 0.15) is 21.6 Å². The van der Waals surface area contributed by atoms with Gasteiger partial charge in [0.1, 0.15) is 5.69 Å². The van der Waals surface area contributed by atoms with Crippen molar-refractivity contribution in [3.8, 4) is 0 Å². The van der Waals surface area contributed by atoms with E-state index < -0.39 is 0 Å². The Morgan fingerprint density at radius 3 is 2.52 bits per heavy atom. The maximum atomic E-state index is 12.9. The third kappa shape index (κ3) is 4.78. The molecule has 7 heteroatoms. The van der Waals surface area contributed by atoms with E-state index in [-0.39, 0.29) is 11.8 Å². The van der Waals surface area contributed by atoms with E-state index in [9.17, 15) is 9.59 Å². The Labute approximate surface area is 182 Å². The molecule has 2 N–H and O–H groups in total. The zero-order chi connectivity index (χ0) is 22.0. The third-order valence-electron chi connectivity index (χ3n) is 5.66. The van der Waals surface area contributed by atoms with Crippen molar-refractivity contribution in [2.75, 3.05) is 43.5 Å². The number of carbonyl (C=O) groups is 2. The lowest BCUT2D eigenvalue weighted by Crippen LogP contribution is -2.41. The van der Waals surface area contributed by atoms with Crippen molar-refractivity contribution in [2.45, 2.75) is 13.8 Å². The summed E-state index contributed by atoms with van der Waals surface area (Å²) in [7, 11) is 1.89. The highest BCUT2D eigenvalue weighted by molar-refractivity contribution is 6.06. The summed E-state index contributed by atoms with van der Waals surface area (Å²) in [6.45, 7) is 7.17. The van der Waals surface area contributed by atoms with Gasteiger partial charge >= 0.3 is 0 Å². The van der Waals surface area contributed by atoms with Gasteiger partial charge < -0.3 is 19.9 Å². The van der Waals surface area contributed by atoms with Crippen LogP contribution >= 0.6 is 0 Å². The first-order chi connectivity index (χ1) is 14.9. The molecule has 0 aliphatic carbocycles. The van der Waals surface area contributed by atoms with Crippen LogP contribution in [0.4, 0.5) is 11.4 Å². The summed E-state index contributed by atoms with van der Waals surface area (Å²) in [5, 5.41) is 6.97. The molecule has 2 amide bonds. The number of fused-ring (bicyclic) bond motifs is 1. The fraction of sp³-hybridized carbons (Fsp3) is 0.333. The van der Waals surface area contributed by atoms with Crippen LogP contribution in [0.2, 0.25) is 0 Å². The molecule has 1 aliphatic rings. The topological polar surface area (TPSA) is 75.6 Å². The maximum absolute atomic E-state index is 12.9. The van der Waals surface area contributed by atoms with Crippen LogP contribution in [0.5, 0.6) is 0 Å². The highest BCUT2D eigenvalue weighted by atomic mass is 16.5. The number of benzene rings is 2. The molecular formula is C24H28N4O3. The van der Waals surface area contributed by atoms with Gasteiger partial charge in [-0.05, 0) is 55.8 Å². The molecule has 3 aromatic rings. The summed E-state index contributed by atoms with van der Waals surface area (Å²) in [4.78, 5) is 27.3. The molecule has 0 saturated carbocycles. The molecule has 0 bridgehead atoms. The molecule has 2 heterocycles. The van der Waals surface area contributed by atoms with E-state index in [1.165, 1.54) is 0 Å². The van der Waals surface area contributed by atoms with Gasteiger partial charge in [0.2, 0.25) is 5.91 Å². The van der Waals surface area contributed by atoms with E-state index in [0.29, 0.717) is 31.1 Å². The fourth-order valence-electron chi connectivity index (χ4n) is 3.92. The summed E-state index contributed by atoms with van der Waals surface area (Å²) in [5.41, 5.74) is 5.10. The minimum Gasteiger partial charge on any atom is -0.379 e. The van der Waals surface area contributed by atoms with Crippen molar-refractivity contribution >= 4 is 34.1 Å². The minimum absolute atomic E-state index is 0.0485. The van der Waals surface area contributed by atoms with Gasteiger partial charge in [0.15, 0.2) is 0 Å². The number of carbonyl (C=O) groups excluding carboxylic acids is 2. The van der Waals surface area contributed by atoms with Crippen LogP contribution in [-0.4, -0.2) is 54.1 Å². The summed E-state index contributed by atoms with van der Waals surface area (Å²) in [6, 6.07) is 13.6. The predicted octanol–water partition coefficient (Wildman–Crippen LogP) is 3.32. The van der Waals surface area contributed by atoms with Crippen LogP contribution in [0, 0.1) is 13.8 Å². The lowest BCUT2D eigenvalue weighted by Gasteiger charge is -2.25. The zero-order valence-corrected chi connectivity index (χ0v) is 18.2. The second-order valence-corrected chi connectivity index (χ2v) is 8.07. The standard InChI is InChI=1S/C24H28N4O3/c1-16-4-7-21-18(12-16)14-22(27(21)3)24(30)25-19-5-6-20(17(2)13-19)26-23(29)15-28-8-10-31-11-9-28/h4-7,12-14H,8-11,15H2,1-3H3,(H,25,30)(H,26,29). The first-order valence-electron chi connectivity index (χ1n) is 10.5. The monoisotopic (exact) mass is 420 g/mol. The van der Waals surface area contributed by atoms with E-state index in [1.807, 2.05) is 61.9 Å². The van der Waals surface area contributed by atoms with Gasteiger partial charge in [-0.15, -0.1) is 0 Å². The molecule has 162 valence electrons. The maximum Gasteiger partial charge on any atom is 0.272 e. The zero-order valence-electron chi connectivity index (χ0n) is 18.2. The van der Waals surface area contributed by atoms with Crippen LogP contribution in [0.15, 0.2) is 42.5 Å². The summed E-state index contributed by atoms with van der Waals surface area (Å²) in [5.74, 6) is -0.215. The van der Waals surface area contributed by atoms with Crippen LogP contribution in [0.3, 0.4) is 0 Å². The summed E-state index contributed by atoms with van der Waals surface area (Å²) in [6.07, 6.45) is 0. The van der Waals surface area contributed by atoms with E-state index in [4.69, 9.17) is 4.74 Å². The van der Waals surface area contributed by atoms with Crippen LogP contribution < -0.4 is 10.6 Å². The molecule has 0 radical (unpaired) electrons. The van der Waals surface area contributed by atoms with Crippen molar-refractivity contribution in [3.63, 3.8) is 0 Å². The van der Waals surface area contributed by atoms with Gasteiger partial charge in [0.05, 0.1) is 19.8 Å². The SMILES string of the molecule is Cc1ccc2c(c1)cc(C(=O)Nc1ccc(NC(=O)CN3CCOCC3)c(C)c1)n2C. The lowest BCUT2D eigenvalue weighted by atomic mass is 10.1. The number of nitrogens with zero attached hydrogens (tertiary/aromatic N) is 2. The van der Waals surface area contributed by atoms with Gasteiger partial charge in [0.25, 0.3) is 5.91 Å².